The van der Waals surface area contributed by atoms with Crippen LogP contribution in [-0.2, 0) is 4.79 Å². The van der Waals surface area contributed by atoms with E-state index in [0.29, 0.717) is 11.4 Å². The van der Waals surface area contributed by atoms with Gasteiger partial charge in [-0.15, -0.1) is 0 Å². The molecule has 0 radical (unpaired) electrons. The maximum absolute atomic E-state index is 13.0. The van der Waals surface area contributed by atoms with Crippen molar-refractivity contribution >= 4 is 44.8 Å². The first-order valence-corrected chi connectivity index (χ1v) is 9.05. The van der Waals surface area contributed by atoms with Crippen LogP contribution in [0.15, 0.2) is 65.5 Å². The number of amides is 1. The molecule has 0 unspecified atom stereocenters. The number of aromatic nitrogens is 1. The van der Waals surface area contributed by atoms with Gasteiger partial charge in [-0.05, 0) is 36.4 Å². The molecule has 1 N–H and O–H groups in total. The van der Waals surface area contributed by atoms with Crippen molar-refractivity contribution in [3.05, 3.63) is 91.1 Å². The van der Waals surface area contributed by atoms with Crippen LogP contribution in [0, 0.1) is 20.2 Å². The second-order valence-electron chi connectivity index (χ2n) is 6.81. The van der Waals surface area contributed by atoms with E-state index in [1.165, 1.54) is 43.3 Å². The summed E-state index contributed by atoms with van der Waals surface area (Å²) in [4.78, 5) is 45.8. The first-order chi connectivity index (χ1) is 14.8. The van der Waals surface area contributed by atoms with Crippen LogP contribution in [0.1, 0.15) is 6.92 Å². The maximum atomic E-state index is 13.0. The van der Waals surface area contributed by atoms with Crippen LogP contribution in [0.25, 0.3) is 27.5 Å². The Labute approximate surface area is 173 Å². The molecule has 0 atom stereocenters. The number of fused-ring (bicyclic) bond motifs is 2. The van der Waals surface area contributed by atoms with E-state index in [1.807, 2.05) is 0 Å². The van der Waals surface area contributed by atoms with Gasteiger partial charge in [0.05, 0.1) is 20.9 Å². The fourth-order valence-corrected chi connectivity index (χ4v) is 3.47. The number of anilines is 1. The molecule has 154 valence electrons. The second-order valence-corrected chi connectivity index (χ2v) is 6.81. The smallest absolute Gasteiger partial charge is 0.271 e. The number of nitro benzene ring substituents is 2. The van der Waals surface area contributed by atoms with Gasteiger partial charge in [-0.1, -0.05) is 0 Å². The Hall–Kier alpha value is -4.60. The summed E-state index contributed by atoms with van der Waals surface area (Å²) in [6.07, 6.45) is 0. The predicted molar refractivity (Wildman–Crippen MR) is 115 cm³/mol. The quantitative estimate of drug-likeness (QED) is 0.303. The zero-order valence-electron chi connectivity index (χ0n) is 16.1. The minimum atomic E-state index is -0.578. The highest BCUT2D eigenvalue weighted by Gasteiger charge is 2.18. The van der Waals surface area contributed by atoms with E-state index < -0.39 is 9.85 Å². The number of hydrogen-bond donors (Lipinski definition) is 1. The lowest BCUT2D eigenvalue weighted by Crippen LogP contribution is -2.11. The molecular weight excluding hydrogens is 404 g/mol. The van der Waals surface area contributed by atoms with Crippen molar-refractivity contribution in [1.29, 1.82) is 0 Å². The Kier molecular flexibility index (Phi) is 4.66. The minimum Gasteiger partial charge on any atom is -0.326 e. The third-order valence-corrected chi connectivity index (χ3v) is 4.80. The molecule has 31 heavy (non-hydrogen) atoms. The SMILES string of the molecule is CC(=O)Nc1ccc(-n2c3cc([N+](=O)[O-])ccc3c(=O)c3ccc([N+](=O)[O-])cc32)cc1. The van der Waals surface area contributed by atoms with Gasteiger partial charge in [0.2, 0.25) is 5.91 Å². The number of nitrogens with zero attached hydrogens (tertiary/aromatic N) is 3. The van der Waals surface area contributed by atoms with Crippen LogP contribution in [0.4, 0.5) is 17.1 Å². The van der Waals surface area contributed by atoms with E-state index in [-0.39, 0.29) is 44.5 Å². The molecule has 4 aromatic rings. The summed E-state index contributed by atoms with van der Waals surface area (Å²) in [5, 5.41) is 25.7. The highest BCUT2D eigenvalue weighted by Crippen LogP contribution is 2.29. The van der Waals surface area contributed by atoms with Crippen molar-refractivity contribution in [2.45, 2.75) is 6.92 Å². The highest BCUT2D eigenvalue weighted by atomic mass is 16.6. The summed E-state index contributed by atoms with van der Waals surface area (Å²) in [7, 11) is 0. The average molecular weight is 418 g/mol. The number of nitrogens with one attached hydrogen (secondary N) is 1. The van der Waals surface area contributed by atoms with Crippen molar-refractivity contribution in [3.8, 4) is 5.69 Å². The average Bonchev–Trinajstić information content (AvgIpc) is 2.73. The van der Waals surface area contributed by atoms with Gasteiger partial charge >= 0.3 is 0 Å². The molecule has 1 aromatic heterocycles. The zero-order valence-corrected chi connectivity index (χ0v) is 16.1. The molecule has 1 heterocycles. The van der Waals surface area contributed by atoms with E-state index in [0.717, 1.165) is 0 Å². The molecule has 10 nitrogen and oxygen atoms in total. The first kappa shape index (κ1) is 19.7. The molecule has 1 amide bonds. The summed E-state index contributed by atoms with van der Waals surface area (Å²) in [5.41, 5.74) is 0.674. The molecule has 10 heteroatoms. The third kappa shape index (κ3) is 3.46. The monoisotopic (exact) mass is 418 g/mol. The molecule has 0 saturated carbocycles. The molecule has 3 aromatic carbocycles. The van der Waals surface area contributed by atoms with Crippen molar-refractivity contribution in [3.63, 3.8) is 0 Å². The standard InChI is InChI=1S/C21H14N4O6/c1-12(26)22-13-2-4-14(5-3-13)23-19-10-15(24(28)29)6-8-17(19)21(27)18-9-7-16(25(30)31)11-20(18)23/h2-11H,1H3,(H,22,26). The number of hydrogen-bond acceptors (Lipinski definition) is 6. The lowest BCUT2D eigenvalue weighted by Gasteiger charge is -2.16. The summed E-state index contributed by atoms with van der Waals surface area (Å²) in [6, 6.07) is 14.3. The van der Waals surface area contributed by atoms with E-state index in [1.54, 1.807) is 28.8 Å². The van der Waals surface area contributed by atoms with Crippen LogP contribution in [0.2, 0.25) is 0 Å². The lowest BCUT2D eigenvalue weighted by molar-refractivity contribution is -0.384. The topological polar surface area (TPSA) is 137 Å². The molecule has 0 saturated heterocycles. The van der Waals surface area contributed by atoms with Crippen molar-refractivity contribution in [1.82, 2.24) is 4.57 Å². The largest absolute Gasteiger partial charge is 0.326 e. The zero-order chi connectivity index (χ0) is 22.3. The van der Waals surface area contributed by atoms with Gasteiger partial charge in [0, 0.05) is 53.3 Å². The van der Waals surface area contributed by atoms with Gasteiger partial charge in [-0.3, -0.25) is 29.8 Å². The van der Waals surface area contributed by atoms with Crippen LogP contribution < -0.4 is 10.7 Å². The minimum absolute atomic E-state index is 0.222. The van der Waals surface area contributed by atoms with Gasteiger partial charge in [0.1, 0.15) is 0 Å². The fourth-order valence-electron chi connectivity index (χ4n) is 3.47. The van der Waals surface area contributed by atoms with E-state index in [2.05, 4.69) is 5.32 Å². The Morgan fingerprint density at radius 1 is 0.839 bits per heavy atom. The van der Waals surface area contributed by atoms with E-state index >= 15 is 0 Å². The number of carbonyl (C=O) groups excluding carboxylic acids is 1. The lowest BCUT2D eigenvalue weighted by atomic mass is 10.1. The van der Waals surface area contributed by atoms with Crippen LogP contribution in [-0.4, -0.2) is 20.3 Å². The Morgan fingerprint density at radius 3 is 1.74 bits per heavy atom. The summed E-state index contributed by atoms with van der Waals surface area (Å²) >= 11 is 0. The second kappa shape index (κ2) is 7.34. The number of carbonyl (C=O) groups is 1. The summed E-state index contributed by atoms with van der Waals surface area (Å²) in [6.45, 7) is 1.37. The Morgan fingerprint density at radius 2 is 1.32 bits per heavy atom. The molecule has 0 aliphatic rings. The van der Waals surface area contributed by atoms with Gasteiger partial charge in [-0.25, -0.2) is 0 Å². The van der Waals surface area contributed by atoms with Gasteiger partial charge in [0.25, 0.3) is 11.4 Å². The Balaban J connectivity index is 2.12. The number of non-ortho nitro benzene ring substituents is 2. The molecule has 0 aliphatic carbocycles. The molecular formula is C21H14N4O6. The third-order valence-electron chi connectivity index (χ3n) is 4.80. The number of nitro groups is 2. The summed E-state index contributed by atoms with van der Waals surface area (Å²) < 4.78 is 1.56. The number of benzene rings is 3. The van der Waals surface area contributed by atoms with Crippen molar-refractivity contribution < 1.29 is 14.6 Å². The Bertz CT molecular complexity index is 1380. The molecule has 0 aliphatic heterocycles. The van der Waals surface area contributed by atoms with Crippen molar-refractivity contribution in [2.24, 2.45) is 0 Å². The summed E-state index contributed by atoms with van der Waals surface area (Å²) in [5.74, 6) is -0.252. The number of rotatable bonds is 4. The van der Waals surface area contributed by atoms with Crippen LogP contribution >= 0.6 is 0 Å². The van der Waals surface area contributed by atoms with Gasteiger partial charge in [0.15, 0.2) is 5.43 Å². The molecule has 0 bridgehead atoms. The fraction of sp³-hybridized carbons (Fsp3) is 0.0476. The first-order valence-electron chi connectivity index (χ1n) is 9.05. The molecule has 0 spiro atoms. The normalized spacial score (nSPS) is 10.9. The van der Waals surface area contributed by atoms with Gasteiger partial charge in [-0.2, -0.15) is 0 Å². The highest BCUT2D eigenvalue weighted by molar-refractivity contribution is 5.97. The van der Waals surface area contributed by atoms with E-state index in [4.69, 9.17) is 0 Å². The van der Waals surface area contributed by atoms with Gasteiger partial charge < -0.3 is 9.88 Å². The molecule has 4 rings (SSSR count). The van der Waals surface area contributed by atoms with Crippen LogP contribution in [0.3, 0.4) is 0 Å². The predicted octanol–water partition coefficient (Wildman–Crippen LogP) is 3.92. The number of pyridine rings is 1. The van der Waals surface area contributed by atoms with Crippen molar-refractivity contribution in [2.75, 3.05) is 5.32 Å². The maximum Gasteiger partial charge on any atom is 0.271 e. The van der Waals surface area contributed by atoms with E-state index in [9.17, 15) is 29.8 Å². The molecule has 0 fully saturated rings. The van der Waals surface area contributed by atoms with Crippen LogP contribution in [0.5, 0.6) is 0 Å².